The first-order valence-electron chi connectivity index (χ1n) is 5.41. The van der Waals surface area contributed by atoms with Crippen molar-refractivity contribution in [2.75, 3.05) is 18.2 Å². The monoisotopic (exact) mass is 254 g/mol. The van der Waals surface area contributed by atoms with Crippen LogP contribution >= 0.6 is 12.6 Å². The zero-order valence-corrected chi connectivity index (χ0v) is 10.9. The second kappa shape index (κ2) is 6.39. The van der Waals surface area contributed by atoms with Crippen molar-refractivity contribution in [3.63, 3.8) is 0 Å². The highest BCUT2D eigenvalue weighted by molar-refractivity contribution is 7.80. The molecule has 17 heavy (non-hydrogen) atoms. The lowest BCUT2D eigenvalue weighted by atomic mass is 10.1. The summed E-state index contributed by atoms with van der Waals surface area (Å²) in [6.45, 7) is 1.93. The number of esters is 1. The van der Waals surface area contributed by atoms with Gasteiger partial charge in [0.25, 0.3) is 0 Å². The number of rotatable bonds is 5. The van der Waals surface area contributed by atoms with E-state index >= 15 is 0 Å². The Kier molecular flexibility index (Phi) is 5.15. The average Bonchev–Trinajstić information content (AvgIpc) is 2.29. The molecule has 1 aromatic carbocycles. The van der Waals surface area contributed by atoms with Crippen LogP contribution in [0.5, 0.6) is 0 Å². The molecular weight excluding hydrogens is 236 g/mol. The van der Waals surface area contributed by atoms with E-state index in [1.165, 1.54) is 7.11 Å². The summed E-state index contributed by atoms with van der Waals surface area (Å²) >= 11 is 4.29. The molecule has 1 aromatic rings. The summed E-state index contributed by atoms with van der Waals surface area (Å²) in [6.07, 6.45) is 0.597. The Labute approximate surface area is 107 Å². The number of anilines is 2. The van der Waals surface area contributed by atoms with Crippen LogP contribution in [0.1, 0.15) is 13.3 Å². The van der Waals surface area contributed by atoms with Crippen molar-refractivity contribution in [3.05, 3.63) is 24.3 Å². The summed E-state index contributed by atoms with van der Waals surface area (Å²) < 4.78 is 4.75. The Bertz CT molecular complexity index is 365. The van der Waals surface area contributed by atoms with E-state index in [0.717, 1.165) is 5.69 Å². The Hall–Kier alpha value is -1.36. The van der Waals surface area contributed by atoms with Crippen LogP contribution in [0.3, 0.4) is 0 Å². The maximum absolute atomic E-state index is 11.6. The highest BCUT2D eigenvalue weighted by Gasteiger charge is 2.20. The van der Waals surface area contributed by atoms with Gasteiger partial charge >= 0.3 is 5.97 Å². The number of nitrogens with two attached hydrogens (primary N) is 1. The first-order valence-corrected chi connectivity index (χ1v) is 5.92. The van der Waals surface area contributed by atoms with Gasteiger partial charge in [-0.15, -0.1) is 0 Å². The van der Waals surface area contributed by atoms with Crippen LogP contribution < -0.4 is 11.1 Å². The summed E-state index contributed by atoms with van der Waals surface area (Å²) in [4.78, 5) is 11.6. The van der Waals surface area contributed by atoms with Gasteiger partial charge < -0.3 is 15.8 Å². The number of nitrogen functional groups attached to an aromatic ring is 1. The average molecular weight is 254 g/mol. The van der Waals surface area contributed by atoms with E-state index in [0.29, 0.717) is 12.1 Å². The van der Waals surface area contributed by atoms with Crippen LogP contribution in [0.2, 0.25) is 0 Å². The van der Waals surface area contributed by atoms with Crippen molar-refractivity contribution in [1.82, 2.24) is 0 Å². The lowest BCUT2D eigenvalue weighted by Gasteiger charge is -2.19. The summed E-state index contributed by atoms with van der Waals surface area (Å²) in [6, 6.07) is 6.82. The van der Waals surface area contributed by atoms with E-state index < -0.39 is 6.04 Å². The number of thiol groups is 1. The van der Waals surface area contributed by atoms with Gasteiger partial charge in [0, 0.05) is 16.6 Å². The Balaban J connectivity index is 2.71. The quantitative estimate of drug-likeness (QED) is 0.427. The van der Waals surface area contributed by atoms with Crippen LogP contribution in [-0.2, 0) is 9.53 Å². The molecule has 0 heterocycles. The van der Waals surface area contributed by atoms with E-state index in [2.05, 4.69) is 17.9 Å². The Morgan fingerprint density at radius 2 is 2.06 bits per heavy atom. The number of hydrogen-bond acceptors (Lipinski definition) is 5. The van der Waals surface area contributed by atoms with Gasteiger partial charge in [-0.2, -0.15) is 12.6 Å². The zero-order chi connectivity index (χ0) is 12.8. The van der Waals surface area contributed by atoms with Gasteiger partial charge in [0.2, 0.25) is 0 Å². The van der Waals surface area contributed by atoms with E-state index in [1.807, 2.05) is 19.1 Å². The minimum Gasteiger partial charge on any atom is -0.467 e. The standard InChI is InChI=1S/C12H18N2O2S/c1-8(17)7-11(12(15)16-2)14-10-5-3-9(13)4-6-10/h3-6,8,11,14,17H,7,13H2,1-2H3. The lowest BCUT2D eigenvalue weighted by molar-refractivity contribution is -0.141. The molecule has 0 aliphatic heterocycles. The molecule has 0 fully saturated rings. The number of ether oxygens (including phenoxy) is 1. The van der Waals surface area contributed by atoms with Crippen LogP contribution in [0.25, 0.3) is 0 Å². The number of hydrogen-bond donors (Lipinski definition) is 3. The number of nitrogens with one attached hydrogen (secondary N) is 1. The molecule has 0 saturated carbocycles. The Morgan fingerprint density at radius 1 is 1.47 bits per heavy atom. The van der Waals surface area contributed by atoms with Gasteiger partial charge in [-0.05, 0) is 30.7 Å². The highest BCUT2D eigenvalue weighted by atomic mass is 32.1. The van der Waals surface area contributed by atoms with E-state index in [9.17, 15) is 4.79 Å². The third kappa shape index (κ3) is 4.56. The van der Waals surface area contributed by atoms with Crippen LogP contribution in [-0.4, -0.2) is 24.4 Å². The van der Waals surface area contributed by atoms with Crippen LogP contribution in [0.15, 0.2) is 24.3 Å². The van der Waals surface area contributed by atoms with Crippen molar-refractivity contribution in [1.29, 1.82) is 0 Å². The second-order valence-electron chi connectivity index (χ2n) is 3.93. The largest absolute Gasteiger partial charge is 0.467 e. The van der Waals surface area contributed by atoms with Gasteiger partial charge in [-0.25, -0.2) is 4.79 Å². The van der Waals surface area contributed by atoms with Gasteiger partial charge in [-0.1, -0.05) is 6.92 Å². The third-order valence-corrected chi connectivity index (χ3v) is 2.52. The molecule has 94 valence electrons. The van der Waals surface area contributed by atoms with Crippen molar-refractivity contribution in [3.8, 4) is 0 Å². The molecule has 4 nitrogen and oxygen atoms in total. The van der Waals surface area contributed by atoms with Crippen molar-refractivity contribution in [2.45, 2.75) is 24.6 Å². The number of methoxy groups -OCH3 is 1. The number of carbonyl (C=O) groups is 1. The minimum absolute atomic E-state index is 0.111. The molecule has 1 rings (SSSR count). The number of benzene rings is 1. The van der Waals surface area contributed by atoms with Gasteiger partial charge in [-0.3, -0.25) is 0 Å². The predicted molar refractivity (Wildman–Crippen MR) is 73.3 cm³/mol. The van der Waals surface area contributed by atoms with Gasteiger partial charge in [0.1, 0.15) is 6.04 Å². The fourth-order valence-electron chi connectivity index (χ4n) is 1.48. The summed E-state index contributed by atoms with van der Waals surface area (Å²) in [5.41, 5.74) is 7.12. The van der Waals surface area contributed by atoms with Gasteiger partial charge in [0.15, 0.2) is 0 Å². The number of carbonyl (C=O) groups excluding carboxylic acids is 1. The summed E-state index contributed by atoms with van der Waals surface area (Å²) in [5, 5.41) is 3.22. The molecule has 0 bridgehead atoms. The highest BCUT2D eigenvalue weighted by Crippen LogP contribution is 2.15. The molecule has 0 amide bonds. The predicted octanol–water partition coefficient (Wildman–Crippen LogP) is 1.93. The lowest BCUT2D eigenvalue weighted by Crippen LogP contribution is -2.32. The minimum atomic E-state index is -0.392. The molecule has 0 spiro atoms. The fourth-order valence-corrected chi connectivity index (χ4v) is 1.69. The third-order valence-electron chi connectivity index (χ3n) is 2.31. The first-order chi connectivity index (χ1) is 8.02. The molecule has 2 unspecified atom stereocenters. The Morgan fingerprint density at radius 3 is 2.53 bits per heavy atom. The van der Waals surface area contributed by atoms with Crippen molar-refractivity contribution >= 4 is 30.0 Å². The molecule has 0 aliphatic rings. The normalized spacial score (nSPS) is 13.8. The SMILES string of the molecule is COC(=O)C(CC(C)S)Nc1ccc(N)cc1. The maximum Gasteiger partial charge on any atom is 0.328 e. The summed E-state index contributed by atoms with van der Waals surface area (Å²) in [5.74, 6) is -0.289. The molecule has 0 aliphatic carbocycles. The topological polar surface area (TPSA) is 64.3 Å². The van der Waals surface area contributed by atoms with Crippen molar-refractivity contribution in [2.24, 2.45) is 0 Å². The zero-order valence-electron chi connectivity index (χ0n) is 10.0. The molecule has 0 saturated heterocycles. The molecule has 2 atom stereocenters. The van der Waals surface area contributed by atoms with E-state index in [-0.39, 0.29) is 11.2 Å². The summed E-state index contributed by atoms with van der Waals surface area (Å²) in [7, 11) is 1.38. The van der Waals surface area contributed by atoms with Crippen molar-refractivity contribution < 1.29 is 9.53 Å². The van der Waals surface area contributed by atoms with E-state index in [4.69, 9.17) is 10.5 Å². The molecule has 5 heteroatoms. The molecule has 0 radical (unpaired) electrons. The smallest absolute Gasteiger partial charge is 0.328 e. The molecule has 3 N–H and O–H groups in total. The molecule has 0 aromatic heterocycles. The van der Waals surface area contributed by atoms with Crippen LogP contribution in [0, 0.1) is 0 Å². The second-order valence-corrected chi connectivity index (χ2v) is 4.81. The first kappa shape index (κ1) is 13.7. The van der Waals surface area contributed by atoms with E-state index in [1.54, 1.807) is 12.1 Å². The van der Waals surface area contributed by atoms with Crippen LogP contribution in [0.4, 0.5) is 11.4 Å². The maximum atomic E-state index is 11.6. The fraction of sp³-hybridized carbons (Fsp3) is 0.417. The molecular formula is C12H18N2O2S. The van der Waals surface area contributed by atoms with Gasteiger partial charge in [0.05, 0.1) is 7.11 Å².